The van der Waals surface area contributed by atoms with E-state index in [9.17, 15) is 19.7 Å². The second-order valence-corrected chi connectivity index (χ2v) is 6.25. The number of ketones is 1. The molecule has 0 unspecified atom stereocenters. The first-order valence-electron chi connectivity index (χ1n) is 8.96. The fourth-order valence-corrected chi connectivity index (χ4v) is 2.95. The maximum atomic E-state index is 12.4. The summed E-state index contributed by atoms with van der Waals surface area (Å²) in [6, 6.07) is 10.5. The Morgan fingerprint density at radius 1 is 1.11 bits per heavy atom. The number of Topliss-reactive ketones (excluding diaryl/α,β-unsaturated/α-hetero) is 1. The SMILES string of the molecule is CCC(=O)c1ccc(OC(=O)c2ccc(N3CCOCC3)c([N+](=O)[O-])c2)cc1. The third kappa shape index (κ3) is 4.34. The van der Waals surface area contributed by atoms with Crippen molar-refractivity contribution in [2.24, 2.45) is 0 Å². The largest absolute Gasteiger partial charge is 0.423 e. The van der Waals surface area contributed by atoms with Crippen molar-refractivity contribution in [2.75, 3.05) is 31.2 Å². The van der Waals surface area contributed by atoms with Crippen LogP contribution in [0.15, 0.2) is 42.5 Å². The van der Waals surface area contributed by atoms with Crippen molar-refractivity contribution < 1.29 is 24.0 Å². The monoisotopic (exact) mass is 384 g/mol. The minimum Gasteiger partial charge on any atom is -0.423 e. The number of hydrogen-bond acceptors (Lipinski definition) is 7. The Labute approximate surface area is 161 Å². The van der Waals surface area contributed by atoms with E-state index in [0.717, 1.165) is 0 Å². The molecule has 0 amide bonds. The smallest absolute Gasteiger partial charge is 0.343 e. The van der Waals surface area contributed by atoms with Gasteiger partial charge in [0.1, 0.15) is 11.4 Å². The highest BCUT2D eigenvalue weighted by Crippen LogP contribution is 2.30. The average Bonchev–Trinajstić information content (AvgIpc) is 2.73. The molecule has 0 aliphatic carbocycles. The molecule has 8 nitrogen and oxygen atoms in total. The minimum absolute atomic E-state index is 0.00722. The van der Waals surface area contributed by atoms with Gasteiger partial charge in [0.25, 0.3) is 5.69 Å². The normalized spacial score (nSPS) is 13.8. The third-order valence-electron chi connectivity index (χ3n) is 4.47. The number of carbonyl (C=O) groups excluding carboxylic acids is 2. The van der Waals surface area contributed by atoms with Gasteiger partial charge >= 0.3 is 5.97 Å². The van der Waals surface area contributed by atoms with Gasteiger partial charge < -0.3 is 14.4 Å². The maximum Gasteiger partial charge on any atom is 0.343 e. The molecule has 1 heterocycles. The molecular formula is C20H20N2O6. The lowest BCUT2D eigenvalue weighted by Gasteiger charge is -2.28. The minimum atomic E-state index is -0.703. The van der Waals surface area contributed by atoms with E-state index in [1.54, 1.807) is 25.1 Å². The van der Waals surface area contributed by atoms with Crippen LogP contribution in [0, 0.1) is 10.1 Å². The zero-order chi connectivity index (χ0) is 20.1. The van der Waals surface area contributed by atoms with Gasteiger partial charge in [-0.05, 0) is 36.4 Å². The van der Waals surface area contributed by atoms with Crippen molar-refractivity contribution in [3.05, 3.63) is 63.7 Å². The van der Waals surface area contributed by atoms with Crippen molar-refractivity contribution in [1.29, 1.82) is 0 Å². The number of anilines is 1. The second-order valence-electron chi connectivity index (χ2n) is 6.25. The van der Waals surface area contributed by atoms with Crippen LogP contribution in [0.3, 0.4) is 0 Å². The number of nitro groups is 1. The van der Waals surface area contributed by atoms with Crippen LogP contribution in [0.2, 0.25) is 0 Å². The van der Waals surface area contributed by atoms with Gasteiger partial charge in [-0.25, -0.2) is 4.79 Å². The average molecular weight is 384 g/mol. The lowest BCUT2D eigenvalue weighted by atomic mass is 10.1. The number of nitrogens with zero attached hydrogens (tertiary/aromatic N) is 2. The van der Waals surface area contributed by atoms with Gasteiger partial charge in [-0.15, -0.1) is 0 Å². The Morgan fingerprint density at radius 2 is 1.75 bits per heavy atom. The number of morpholine rings is 1. The number of hydrogen-bond donors (Lipinski definition) is 0. The van der Waals surface area contributed by atoms with E-state index in [1.807, 2.05) is 4.90 Å². The first-order valence-corrected chi connectivity index (χ1v) is 8.96. The van der Waals surface area contributed by atoms with Crippen molar-refractivity contribution in [2.45, 2.75) is 13.3 Å². The van der Waals surface area contributed by atoms with E-state index < -0.39 is 10.9 Å². The molecule has 0 atom stereocenters. The highest BCUT2D eigenvalue weighted by Gasteiger charge is 2.24. The predicted molar refractivity (Wildman–Crippen MR) is 102 cm³/mol. The molecule has 0 aromatic heterocycles. The van der Waals surface area contributed by atoms with Gasteiger partial charge in [0, 0.05) is 31.1 Å². The molecule has 1 aliphatic rings. The molecule has 2 aromatic carbocycles. The summed E-state index contributed by atoms with van der Waals surface area (Å²) in [5, 5.41) is 11.5. The highest BCUT2D eigenvalue weighted by molar-refractivity contribution is 5.96. The van der Waals surface area contributed by atoms with E-state index in [4.69, 9.17) is 9.47 Å². The zero-order valence-electron chi connectivity index (χ0n) is 15.4. The molecule has 28 heavy (non-hydrogen) atoms. The standard InChI is InChI=1S/C20H20N2O6/c1-2-19(23)14-3-6-16(7-4-14)28-20(24)15-5-8-17(18(13-15)22(25)26)21-9-11-27-12-10-21/h3-8,13H,2,9-12H2,1H3. The molecule has 8 heteroatoms. The molecule has 1 saturated heterocycles. The van der Waals surface area contributed by atoms with Crippen LogP contribution < -0.4 is 9.64 Å². The molecule has 0 N–H and O–H groups in total. The summed E-state index contributed by atoms with van der Waals surface area (Å²) in [6.07, 6.45) is 0.387. The second kappa shape index (κ2) is 8.62. The Hall–Kier alpha value is -3.26. The summed E-state index contributed by atoms with van der Waals surface area (Å²) in [4.78, 5) is 36.9. The number of rotatable bonds is 6. The van der Waals surface area contributed by atoms with E-state index in [-0.39, 0.29) is 22.8 Å². The van der Waals surface area contributed by atoms with E-state index >= 15 is 0 Å². The summed E-state index contributed by atoms with van der Waals surface area (Å²) >= 11 is 0. The number of carbonyl (C=O) groups is 2. The van der Waals surface area contributed by atoms with Crippen molar-refractivity contribution >= 4 is 23.1 Å². The zero-order valence-corrected chi connectivity index (χ0v) is 15.4. The Balaban J connectivity index is 1.78. The molecule has 1 fully saturated rings. The highest BCUT2D eigenvalue weighted by atomic mass is 16.6. The lowest BCUT2D eigenvalue weighted by molar-refractivity contribution is -0.384. The van der Waals surface area contributed by atoms with Gasteiger partial charge in [-0.3, -0.25) is 14.9 Å². The Morgan fingerprint density at radius 3 is 2.36 bits per heavy atom. The lowest BCUT2D eigenvalue weighted by Crippen LogP contribution is -2.36. The summed E-state index contributed by atoms with van der Waals surface area (Å²) in [7, 11) is 0. The van der Waals surface area contributed by atoms with Gasteiger partial charge in [0.15, 0.2) is 5.78 Å². The Kier molecular flexibility index (Phi) is 6.00. The fourth-order valence-electron chi connectivity index (χ4n) is 2.95. The maximum absolute atomic E-state index is 12.4. The third-order valence-corrected chi connectivity index (χ3v) is 4.47. The van der Waals surface area contributed by atoms with Crippen LogP contribution >= 0.6 is 0 Å². The number of nitro benzene ring substituents is 1. The molecule has 2 aromatic rings. The molecule has 3 rings (SSSR count). The topological polar surface area (TPSA) is 99.0 Å². The van der Waals surface area contributed by atoms with Crippen LogP contribution in [0.5, 0.6) is 5.75 Å². The van der Waals surface area contributed by atoms with Crippen LogP contribution in [0.25, 0.3) is 0 Å². The summed E-state index contributed by atoms with van der Waals surface area (Å²) in [5.41, 5.74) is 0.915. The molecule has 0 bridgehead atoms. The fraction of sp³-hybridized carbons (Fsp3) is 0.300. The summed E-state index contributed by atoms with van der Waals surface area (Å²) < 4.78 is 10.6. The summed E-state index contributed by atoms with van der Waals surface area (Å²) in [6.45, 7) is 3.86. The first kappa shape index (κ1) is 19.5. The van der Waals surface area contributed by atoms with Gasteiger partial charge in [-0.2, -0.15) is 0 Å². The van der Waals surface area contributed by atoms with Gasteiger partial charge in [0.2, 0.25) is 0 Å². The van der Waals surface area contributed by atoms with Crippen LogP contribution in [0.4, 0.5) is 11.4 Å². The van der Waals surface area contributed by atoms with E-state index in [0.29, 0.717) is 44.0 Å². The predicted octanol–water partition coefficient (Wildman–Crippen LogP) is 3.24. The number of benzene rings is 2. The van der Waals surface area contributed by atoms with Crippen LogP contribution in [0.1, 0.15) is 34.1 Å². The number of ether oxygens (including phenoxy) is 2. The summed E-state index contributed by atoms with van der Waals surface area (Å²) in [5.74, 6) is -0.448. The van der Waals surface area contributed by atoms with Crippen LogP contribution in [-0.4, -0.2) is 43.0 Å². The van der Waals surface area contributed by atoms with Gasteiger partial charge in [-0.1, -0.05) is 6.92 Å². The number of esters is 1. The molecule has 0 saturated carbocycles. The quantitative estimate of drug-likeness (QED) is 0.248. The molecule has 1 aliphatic heterocycles. The van der Waals surface area contributed by atoms with Crippen molar-refractivity contribution in [1.82, 2.24) is 0 Å². The van der Waals surface area contributed by atoms with Crippen LogP contribution in [-0.2, 0) is 4.74 Å². The van der Waals surface area contributed by atoms with E-state index in [2.05, 4.69) is 0 Å². The van der Waals surface area contributed by atoms with Gasteiger partial charge in [0.05, 0.1) is 23.7 Å². The molecule has 0 radical (unpaired) electrons. The van der Waals surface area contributed by atoms with E-state index in [1.165, 1.54) is 24.3 Å². The molecular weight excluding hydrogens is 364 g/mol. The molecule has 146 valence electrons. The molecule has 0 spiro atoms. The van der Waals surface area contributed by atoms with Crippen molar-refractivity contribution in [3.8, 4) is 5.75 Å². The Bertz CT molecular complexity index is 888. The van der Waals surface area contributed by atoms with Crippen molar-refractivity contribution in [3.63, 3.8) is 0 Å². The first-order chi connectivity index (χ1) is 13.5.